The second kappa shape index (κ2) is 10.4. The first-order chi connectivity index (χ1) is 20.2. The van der Waals surface area contributed by atoms with Gasteiger partial charge in [-0.05, 0) is 33.9 Å². The molecular formula is C38H28N2O. The van der Waals surface area contributed by atoms with Crippen LogP contribution in [0, 0.1) is 0 Å². The summed E-state index contributed by atoms with van der Waals surface area (Å²) < 4.78 is 2.23. The van der Waals surface area contributed by atoms with Gasteiger partial charge in [-0.25, -0.2) is 4.98 Å². The van der Waals surface area contributed by atoms with Crippen LogP contribution < -0.4 is 0 Å². The number of carbonyl (C=O) groups excluding carboxylic acids is 1. The number of aromatic nitrogens is 2. The van der Waals surface area contributed by atoms with E-state index < -0.39 is 5.54 Å². The molecule has 0 saturated carbocycles. The molecule has 6 aromatic rings. The molecule has 196 valence electrons. The smallest absolute Gasteiger partial charge is 0.189 e. The Morgan fingerprint density at radius 2 is 1.12 bits per heavy atom. The molecule has 5 aromatic carbocycles. The van der Waals surface area contributed by atoms with E-state index in [1.807, 2.05) is 48.8 Å². The Kier molecular flexibility index (Phi) is 6.25. The lowest BCUT2D eigenvalue weighted by atomic mass is 9.77. The molecule has 1 aliphatic rings. The number of Topliss-reactive ketones (excluding diaryl/α,β-unsaturated/α-hetero) is 1. The minimum atomic E-state index is -0.633. The molecule has 7 rings (SSSR count). The summed E-state index contributed by atoms with van der Waals surface area (Å²) in [5.74, 6) is 0.109. The van der Waals surface area contributed by atoms with Crippen LogP contribution in [0.5, 0.6) is 0 Å². The summed E-state index contributed by atoms with van der Waals surface area (Å²) in [5, 5.41) is 0. The first-order valence-corrected chi connectivity index (χ1v) is 13.9. The summed E-state index contributed by atoms with van der Waals surface area (Å²) >= 11 is 0. The van der Waals surface area contributed by atoms with E-state index in [-0.39, 0.29) is 5.78 Å². The molecule has 0 N–H and O–H groups in total. The van der Waals surface area contributed by atoms with Crippen LogP contribution in [0.4, 0.5) is 0 Å². The molecule has 0 aliphatic heterocycles. The number of fused-ring (bicyclic) bond motifs is 1. The van der Waals surface area contributed by atoms with Gasteiger partial charge in [-0.15, -0.1) is 0 Å². The number of benzene rings is 5. The number of hydrogen-bond donors (Lipinski definition) is 0. The number of hydrogen-bond acceptors (Lipinski definition) is 2. The molecule has 0 radical (unpaired) electrons. The Hall–Kier alpha value is -5.28. The second-order valence-corrected chi connectivity index (χ2v) is 10.4. The van der Waals surface area contributed by atoms with Gasteiger partial charge in [0.2, 0.25) is 0 Å². The molecular weight excluding hydrogens is 500 g/mol. The fourth-order valence-corrected chi connectivity index (χ4v) is 6.15. The number of imidazole rings is 1. The molecule has 0 saturated heterocycles. The molecule has 0 spiro atoms. The highest BCUT2D eigenvalue weighted by molar-refractivity contribution is 6.15. The maximum atomic E-state index is 13.2. The topological polar surface area (TPSA) is 34.9 Å². The summed E-state index contributed by atoms with van der Waals surface area (Å²) in [6.45, 7) is 0. The summed E-state index contributed by atoms with van der Waals surface area (Å²) in [6.07, 6.45) is 6.75. The fourth-order valence-electron chi connectivity index (χ4n) is 6.15. The normalized spacial score (nSPS) is 13.9. The zero-order valence-corrected chi connectivity index (χ0v) is 22.5. The molecule has 0 fully saturated rings. The Balaban J connectivity index is 1.39. The van der Waals surface area contributed by atoms with Crippen molar-refractivity contribution in [1.29, 1.82) is 0 Å². The number of nitrogens with zero attached hydrogens (tertiary/aromatic N) is 2. The van der Waals surface area contributed by atoms with Crippen molar-refractivity contribution in [3.05, 3.63) is 191 Å². The summed E-state index contributed by atoms with van der Waals surface area (Å²) in [6, 6.07) is 47.9. The lowest BCUT2D eigenvalue weighted by molar-refractivity contribution is 0.104. The van der Waals surface area contributed by atoms with Crippen LogP contribution >= 0.6 is 0 Å². The Morgan fingerprint density at radius 3 is 1.71 bits per heavy atom. The molecule has 1 aliphatic carbocycles. The van der Waals surface area contributed by atoms with Crippen LogP contribution in [0.3, 0.4) is 0 Å². The third-order valence-corrected chi connectivity index (χ3v) is 8.05. The molecule has 3 nitrogen and oxygen atoms in total. The molecule has 3 heteroatoms. The van der Waals surface area contributed by atoms with E-state index in [4.69, 9.17) is 4.98 Å². The first-order valence-electron chi connectivity index (χ1n) is 13.9. The van der Waals surface area contributed by atoms with E-state index in [0.29, 0.717) is 6.42 Å². The largest absolute Gasteiger partial charge is 0.318 e. The minimum Gasteiger partial charge on any atom is -0.318 e. The van der Waals surface area contributed by atoms with Crippen LogP contribution in [0.2, 0.25) is 0 Å². The van der Waals surface area contributed by atoms with Crippen molar-refractivity contribution in [2.45, 2.75) is 12.0 Å². The standard InChI is InChI=1S/C38H28N2O/c41-37-30(25-29-15-11-13-23-35(29)37)24-28-14-10-12-22-34(28)36-26-40(27-39-36)38(31-16-4-1-5-17-31,32-18-6-2-7-19-32)33-20-8-3-9-21-33/h1-24,26-27H,25H2/b30-24+. The summed E-state index contributed by atoms with van der Waals surface area (Å²) in [7, 11) is 0. The van der Waals surface area contributed by atoms with Crippen LogP contribution in [0.25, 0.3) is 17.3 Å². The lowest BCUT2D eigenvalue weighted by Gasteiger charge is -2.37. The summed E-state index contributed by atoms with van der Waals surface area (Å²) in [5.41, 5.74) is 8.33. The maximum absolute atomic E-state index is 13.2. The average Bonchev–Trinajstić information content (AvgIpc) is 3.65. The highest BCUT2D eigenvalue weighted by atomic mass is 16.1. The Labute approximate surface area is 240 Å². The third kappa shape index (κ3) is 4.23. The van der Waals surface area contributed by atoms with Gasteiger partial charge in [0.25, 0.3) is 0 Å². The SMILES string of the molecule is O=C1/C(=C/c2ccccc2-c2cn(C(c3ccccc3)(c3ccccc3)c3ccccc3)cn2)Cc2ccccc21. The highest BCUT2D eigenvalue weighted by Crippen LogP contribution is 2.41. The highest BCUT2D eigenvalue weighted by Gasteiger charge is 2.38. The molecule has 0 amide bonds. The van der Waals surface area contributed by atoms with Crippen molar-refractivity contribution in [2.75, 3.05) is 0 Å². The Bertz CT molecular complexity index is 1770. The number of rotatable bonds is 6. The van der Waals surface area contributed by atoms with Crippen molar-refractivity contribution >= 4 is 11.9 Å². The summed E-state index contributed by atoms with van der Waals surface area (Å²) in [4.78, 5) is 18.1. The van der Waals surface area contributed by atoms with Gasteiger partial charge in [0, 0.05) is 29.3 Å². The molecule has 0 unspecified atom stereocenters. The predicted octanol–water partition coefficient (Wildman–Crippen LogP) is 8.21. The quantitative estimate of drug-likeness (QED) is 0.161. The molecule has 0 bridgehead atoms. The number of carbonyl (C=O) groups is 1. The molecule has 41 heavy (non-hydrogen) atoms. The van der Waals surface area contributed by atoms with E-state index >= 15 is 0 Å². The van der Waals surface area contributed by atoms with E-state index in [0.717, 1.165) is 50.2 Å². The molecule has 0 atom stereocenters. The lowest BCUT2D eigenvalue weighted by Crippen LogP contribution is -2.36. The van der Waals surface area contributed by atoms with Gasteiger partial charge < -0.3 is 4.57 Å². The first kappa shape index (κ1) is 24.7. The van der Waals surface area contributed by atoms with Crippen LogP contribution in [0.1, 0.15) is 38.2 Å². The fraction of sp³-hybridized carbons (Fsp3) is 0.0526. The van der Waals surface area contributed by atoms with Crippen molar-refractivity contribution in [3.8, 4) is 11.3 Å². The minimum absolute atomic E-state index is 0.109. The van der Waals surface area contributed by atoms with Crippen molar-refractivity contribution in [1.82, 2.24) is 9.55 Å². The van der Waals surface area contributed by atoms with Gasteiger partial charge >= 0.3 is 0 Å². The zero-order chi connectivity index (χ0) is 27.6. The van der Waals surface area contributed by atoms with Gasteiger partial charge in [-0.1, -0.05) is 140 Å². The van der Waals surface area contributed by atoms with E-state index in [1.165, 1.54) is 0 Å². The molecule has 1 heterocycles. The van der Waals surface area contributed by atoms with Crippen LogP contribution in [0.15, 0.2) is 158 Å². The monoisotopic (exact) mass is 528 g/mol. The van der Waals surface area contributed by atoms with Crippen LogP contribution in [-0.2, 0) is 12.0 Å². The number of ketones is 1. The third-order valence-electron chi connectivity index (χ3n) is 8.05. The van der Waals surface area contributed by atoms with E-state index in [2.05, 4.69) is 114 Å². The van der Waals surface area contributed by atoms with Crippen molar-refractivity contribution in [2.24, 2.45) is 0 Å². The van der Waals surface area contributed by atoms with Crippen molar-refractivity contribution < 1.29 is 4.79 Å². The molecule has 1 aromatic heterocycles. The van der Waals surface area contributed by atoms with Gasteiger partial charge in [0.15, 0.2) is 5.78 Å². The predicted molar refractivity (Wildman–Crippen MR) is 165 cm³/mol. The second-order valence-electron chi connectivity index (χ2n) is 10.4. The van der Waals surface area contributed by atoms with Crippen molar-refractivity contribution in [3.63, 3.8) is 0 Å². The van der Waals surface area contributed by atoms with Crippen LogP contribution in [-0.4, -0.2) is 15.3 Å². The van der Waals surface area contributed by atoms with Gasteiger partial charge in [0.05, 0.1) is 12.0 Å². The van der Waals surface area contributed by atoms with Gasteiger partial charge in [0.1, 0.15) is 5.54 Å². The zero-order valence-electron chi connectivity index (χ0n) is 22.5. The van der Waals surface area contributed by atoms with E-state index in [9.17, 15) is 4.79 Å². The van der Waals surface area contributed by atoms with Gasteiger partial charge in [-0.3, -0.25) is 4.79 Å². The Morgan fingerprint density at radius 1 is 0.610 bits per heavy atom. The average molecular weight is 529 g/mol. The van der Waals surface area contributed by atoms with E-state index in [1.54, 1.807) is 0 Å². The number of allylic oxidation sites excluding steroid dienone is 1. The maximum Gasteiger partial charge on any atom is 0.189 e. The van der Waals surface area contributed by atoms with Gasteiger partial charge in [-0.2, -0.15) is 0 Å².